The molecule has 0 saturated carbocycles. The Bertz CT molecular complexity index is 413. The number of hydrogen-bond acceptors (Lipinski definition) is 5. The number of aromatic nitrogens is 1. The van der Waals surface area contributed by atoms with Gasteiger partial charge in [0.1, 0.15) is 5.82 Å². The van der Waals surface area contributed by atoms with Gasteiger partial charge in [-0.05, 0) is 26.7 Å². The lowest BCUT2D eigenvalue weighted by molar-refractivity contribution is 0.229. The molecule has 0 aliphatic carbocycles. The van der Waals surface area contributed by atoms with E-state index in [0.717, 1.165) is 58.2 Å². The number of hydrogen-bond donors (Lipinski definition) is 1. The van der Waals surface area contributed by atoms with Gasteiger partial charge in [-0.1, -0.05) is 13.0 Å². The van der Waals surface area contributed by atoms with E-state index in [4.69, 9.17) is 0 Å². The third-order valence-corrected chi connectivity index (χ3v) is 3.97. The summed E-state index contributed by atoms with van der Waals surface area (Å²) in [4.78, 5) is 11.8. The number of piperazine rings is 1. The van der Waals surface area contributed by atoms with Crippen molar-refractivity contribution < 1.29 is 0 Å². The molecule has 0 radical (unpaired) electrons. The van der Waals surface area contributed by atoms with Crippen LogP contribution in [-0.4, -0.2) is 74.7 Å². The standard InChI is InChI=1S/C16H29N5/c1-4-17-14-15-6-5-7-18-16(15)21-12-10-20(11-13-21)9-8-19(2)3/h5-7,17H,4,8-14H2,1-3H3. The molecule has 1 aromatic heterocycles. The highest BCUT2D eigenvalue weighted by atomic mass is 15.3. The van der Waals surface area contributed by atoms with Gasteiger partial charge in [-0.15, -0.1) is 0 Å². The first-order chi connectivity index (χ1) is 10.2. The van der Waals surface area contributed by atoms with Crippen molar-refractivity contribution in [3.63, 3.8) is 0 Å². The summed E-state index contributed by atoms with van der Waals surface area (Å²) in [6.45, 7) is 10.7. The van der Waals surface area contributed by atoms with E-state index >= 15 is 0 Å². The Kier molecular flexibility index (Phi) is 6.42. The van der Waals surface area contributed by atoms with E-state index in [9.17, 15) is 0 Å². The minimum atomic E-state index is 0.903. The second-order valence-corrected chi connectivity index (χ2v) is 5.90. The maximum absolute atomic E-state index is 4.61. The van der Waals surface area contributed by atoms with Crippen LogP contribution in [0.3, 0.4) is 0 Å². The SMILES string of the molecule is CCNCc1cccnc1N1CCN(CCN(C)C)CC1. The van der Waals surface area contributed by atoms with Crippen LogP contribution in [0, 0.1) is 0 Å². The Labute approximate surface area is 128 Å². The van der Waals surface area contributed by atoms with Gasteiger partial charge in [0.2, 0.25) is 0 Å². The van der Waals surface area contributed by atoms with Crippen LogP contribution in [0.2, 0.25) is 0 Å². The van der Waals surface area contributed by atoms with Crippen molar-refractivity contribution in [2.75, 3.05) is 64.8 Å². The van der Waals surface area contributed by atoms with Crippen LogP contribution in [0.1, 0.15) is 12.5 Å². The van der Waals surface area contributed by atoms with Crippen LogP contribution in [0.5, 0.6) is 0 Å². The van der Waals surface area contributed by atoms with Gasteiger partial charge in [0, 0.05) is 57.6 Å². The molecule has 0 spiro atoms. The van der Waals surface area contributed by atoms with E-state index in [-0.39, 0.29) is 0 Å². The van der Waals surface area contributed by atoms with Crippen LogP contribution in [0.15, 0.2) is 18.3 Å². The average molecular weight is 291 g/mol. The molecule has 5 nitrogen and oxygen atoms in total. The van der Waals surface area contributed by atoms with Crippen LogP contribution < -0.4 is 10.2 Å². The summed E-state index contributed by atoms with van der Waals surface area (Å²) in [6, 6.07) is 4.22. The monoisotopic (exact) mass is 291 g/mol. The zero-order valence-electron chi connectivity index (χ0n) is 13.7. The summed E-state index contributed by atoms with van der Waals surface area (Å²) >= 11 is 0. The lowest BCUT2D eigenvalue weighted by Crippen LogP contribution is -2.48. The van der Waals surface area contributed by atoms with Crippen LogP contribution >= 0.6 is 0 Å². The average Bonchev–Trinajstić information content (AvgIpc) is 2.52. The molecule has 1 fully saturated rings. The highest BCUT2D eigenvalue weighted by Gasteiger charge is 2.19. The third-order valence-electron chi connectivity index (χ3n) is 3.97. The van der Waals surface area contributed by atoms with Crippen LogP contribution in [0.25, 0.3) is 0 Å². The molecular weight excluding hydrogens is 262 g/mol. The highest BCUT2D eigenvalue weighted by Crippen LogP contribution is 2.18. The lowest BCUT2D eigenvalue weighted by atomic mass is 10.2. The highest BCUT2D eigenvalue weighted by molar-refractivity contribution is 5.47. The van der Waals surface area contributed by atoms with Gasteiger partial charge in [-0.2, -0.15) is 0 Å². The first-order valence-electron chi connectivity index (χ1n) is 7.97. The zero-order valence-corrected chi connectivity index (χ0v) is 13.7. The minimum Gasteiger partial charge on any atom is -0.354 e. The summed E-state index contributed by atoms with van der Waals surface area (Å²) in [7, 11) is 4.27. The number of nitrogens with zero attached hydrogens (tertiary/aromatic N) is 4. The quantitative estimate of drug-likeness (QED) is 0.806. The van der Waals surface area contributed by atoms with Crippen molar-refractivity contribution in [1.29, 1.82) is 0 Å². The van der Waals surface area contributed by atoms with Crippen LogP contribution in [0.4, 0.5) is 5.82 Å². The number of nitrogens with one attached hydrogen (secondary N) is 1. The third kappa shape index (κ3) is 4.95. The van der Waals surface area contributed by atoms with E-state index in [2.05, 4.69) is 52.1 Å². The molecule has 0 atom stereocenters. The fraction of sp³-hybridized carbons (Fsp3) is 0.688. The fourth-order valence-corrected chi connectivity index (χ4v) is 2.64. The molecule has 2 heterocycles. The Morgan fingerprint density at radius 3 is 2.67 bits per heavy atom. The molecule has 0 amide bonds. The first-order valence-corrected chi connectivity index (χ1v) is 7.97. The maximum Gasteiger partial charge on any atom is 0.133 e. The molecule has 1 aromatic rings. The van der Waals surface area contributed by atoms with Crippen molar-refractivity contribution in [1.82, 2.24) is 20.1 Å². The molecule has 0 bridgehead atoms. The number of pyridine rings is 1. The summed E-state index contributed by atoms with van der Waals surface area (Å²) in [5.74, 6) is 1.16. The zero-order chi connectivity index (χ0) is 15.1. The van der Waals surface area contributed by atoms with Crippen LogP contribution in [-0.2, 0) is 6.54 Å². The van der Waals surface area contributed by atoms with Gasteiger partial charge in [0.25, 0.3) is 0 Å². The normalized spacial score (nSPS) is 16.7. The predicted octanol–water partition coefficient (Wildman–Crippen LogP) is 0.875. The smallest absolute Gasteiger partial charge is 0.133 e. The lowest BCUT2D eigenvalue weighted by Gasteiger charge is -2.36. The van der Waals surface area contributed by atoms with Crippen molar-refractivity contribution in [2.24, 2.45) is 0 Å². The molecule has 0 unspecified atom stereocenters. The molecule has 1 N–H and O–H groups in total. The fourth-order valence-electron chi connectivity index (χ4n) is 2.64. The van der Waals surface area contributed by atoms with Gasteiger partial charge in [0.15, 0.2) is 0 Å². The Morgan fingerprint density at radius 2 is 2.00 bits per heavy atom. The first kappa shape index (κ1) is 16.2. The van der Waals surface area contributed by atoms with Crippen molar-refractivity contribution in [2.45, 2.75) is 13.5 Å². The van der Waals surface area contributed by atoms with Gasteiger partial charge < -0.3 is 15.1 Å². The maximum atomic E-state index is 4.61. The van der Waals surface area contributed by atoms with E-state index in [0.29, 0.717) is 0 Å². The number of likely N-dealkylation sites (N-methyl/N-ethyl adjacent to an activating group) is 1. The van der Waals surface area contributed by atoms with E-state index in [1.54, 1.807) is 0 Å². The van der Waals surface area contributed by atoms with Gasteiger partial charge in [-0.25, -0.2) is 4.98 Å². The molecule has 118 valence electrons. The molecule has 0 aromatic carbocycles. The Morgan fingerprint density at radius 1 is 1.24 bits per heavy atom. The second-order valence-electron chi connectivity index (χ2n) is 5.90. The molecule has 2 rings (SSSR count). The topological polar surface area (TPSA) is 34.6 Å². The Balaban J connectivity index is 1.89. The van der Waals surface area contributed by atoms with Crippen molar-refractivity contribution >= 4 is 5.82 Å². The molecule has 1 aliphatic rings. The van der Waals surface area contributed by atoms with E-state index in [1.165, 1.54) is 5.56 Å². The molecule has 1 aliphatic heterocycles. The minimum absolute atomic E-state index is 0.903. The summed E-state index contributed by atoms with van der Waals surface area (Å²) in [5, 5.41) is 3.40. The summed E-state index contributed by atoms with van der Waals surface area (Å²) < 4.78 is 0. The molecule has 5 heteroatoms. The summed E-state index contributed by atoms with van der Waals surface area (Å²) in [6.07, 6.45) is 1.91. The van der Waals surface area contributed by atoms with Crippen molar-refractivity contribution in [3.05, 3.63) is 23.9 Å². The van der Waals surface area contributed by atoms with E-state index in [1.807, 2.05) is 12.3 Å². The van der Waals surface area contributed by atoms with E-state index < -0.39 is 0 Å². The van der Waals surface area contributed by atoms with Gasteiger partial charge >= 0.3 is 0 Å². The molecule has 21 heavy (non-hydrogen) atoms. The number of rotatable bonds is 7. The predicted molar refractivity (Wildman–Crippen MR) is 88.8 cm³/mol. The molecular formula is C16H29N5. The molecule has 1 saturated heterocycles. The largest absolute Gasteiger partial charge is 0.354 e. The second kappa shape index (κ2) is 8.32. The Hall–Kier alpha value is -1.17. The van der Waals surface area contributed by atoms with Gasteiger partial charge in [-0.3, -0.25) is 4.90 Å². The number of anilines is 1. The van der Waals surface area contributed by atoms with Gasteiger partial charge in [0.05, 0.1) is 0 Å². The van der Waals surface area contributed by atoms with Crippen molar-refractivity contribution in [3.8, 4) is 0 Å². The summed E-state index contributed by atoms with van der Waals surface area (Å²) in [5.41, 5.74) is 1.31.